The molecule has 2 aliphatic rings. The molecule has 7 heteroatoms. The van der Waals surface area contributed by atoms with Crippen molar-refractivity contribution in [2.75, 3.05) is 19.8 Å². The van der Waals surface area contributed by atoms with Crippen LogP contribution < -0.4 is 5.14 Å². The molecule has 0 aromatic carbocycles. The number of sulfonamides is 1. The van der Waals surface area contributed by atoms with Gasteiger partial charge in [-0.3, -0.25) is 4.90 Å². The molecule has 2 atom stereocenters. The van der Waals surface area contributed by atoms with Crippen molar-refractivity contribution in [3.63, 3.8) is 0 Å². The zero-order valence-electron chi connectivity index (χ0n) is 8.30. The maximum atomic E-state index is 11.2. The van der Waals surface area contributed by atoms with E-state index in [0.717, 1.165) is 26.1 Å². The van der Waals surface area contributed by atoms with Crippen molar-refractivity contribution >= 4 is 32.6 Å². The monoisotopic (exact) mass is 346 g/mol. The van der Waals surface area contributed by atoms with Crippen LogP contribution in [0, 0.1) is 0 Å². The predicted octanol–water partition coefficient (Wildman–Crippen LogP) is -0.101. The molecule has 0 aromatic heterocycles. The van der Waals surface area contributed by atoms with E-state index < -0.39 is 10.0 Å². The fourth-order valence-corrected chi connectivity index (χ4v) is 5.09. The van der Waals surface area contributed by atoms with Gasteiger partial charge in [0.2, 0.25) is 10.0 Å². The van der Waals surface area contributed by atoms with Crippen molar-refractivity contribution < 1.29 is 13.2 Å². The van der Waals surface area contributed by atoms with Crippen LogP contribution in [0.25, 0.3) is 0 Å². The summed E-state index contributed by atoms with van der Waals surface area (Å²) in [4.78, 5) is 2.22. The van der Waals surface area contributed by atoms with Crippen LogP contribution in [0.15, 0.2) is 0 Å². The summed E-state index contributed by atoms with van der Waals surface area (Å²) < 4.78 is 27.7. The second kappa shape index (κ2) is 4.44. The van der Waals surface area contributed by atoms with Gasteiger partial charge in [0.05, 0.1) is 4.05 Å². The molecule has 0 bridgehead atoms. The van der Waals surface area contributed by atoms with Crippen LogP contribution in [0.1, 0.15) is 12.8 Å². The van der Waals surface area contributed by atoms with E-state index in [4.69, 9.17) is 9.88 Å². The molecular weight excluding hydrogens is 331 g/mol. The van der Waals surface area contributed by atoms with Crippen molar-refractivity contribution in [3.05, 3.63) is 0 Å². The summed E-state index contributed by atoms with van der Waals surface area (Å²) in [5, 5.41) is 4.75. The Morgan fingerprint density at radius 1 is 1.33 bits per heavy atom. The number of primary sulfonamides is 1. The number of alkyl halides is 1. The Balaban J connectivity index is 1.93. The van der Waals surface area contributed by atoms with Gasteiger partial charge in [0.15, 0.2) is 0 Å². The zero-order valence-corrected chi connectivity index (χ0v) is 11.3. The lowest BCUT2D eigenvalue weighted by Gasteiger charge is -2.48. The summed E-state index contributed by atoms with van der Waals surface area (Å²) in [6, 6.07) is 0.471. The summed E-state index contributed by atoms with van der Waals surface area (Å²) in [6.07, 6.45) is 1.99. The second-order valence-corrected chi connectivity index (χ2v) is 7.10. The zero-order chi connectivity index (χ0) is 11.1. The molecular formula is C8H15IN2O3S. The first kappa shape index (κ1) is 12.0. The van der Waals surface area contributed by atoms with Crippen molar-refractivity contribution in [1.82, 2.24) is 4.90 Å². The highest BCUT2D eigenvalue weighted by molar-refractivity contribution is 14.1. The second-order valence-electron chi connectivity index (χ2n) is 4.04. The number of hydrogen-bond acceptors (Lipinski definition) is 4. The average molecular weight is 346 g/mol. The summed E-state index contributed by atoms with van der Waals surface area (Å²) in [6.45, 7) is 2.15. The van der Waals surface area contributed by atoms with Crippen molar-refractivity contribution in [2.24, 2.45) is 5.14 Å². The molecule has 15 heavy (non-hydrogen) atoms. The van der Waals surface area contributed by atoms with Gasteiger partial charge in [-0.25, -0.2) is 13.6 Å². The van der Waals surface area contributed by atoms with Crippen LogP contribution in [-0.4, -0.2) is 48.4 Å². The molecule has 2 heterocycles. The summed E-state index contributed by atoms with van der Waals surface area (Å²) in [5.41, 5.74) is 0. The molecule has 5 nitrogen and oxygen atoms in total. The summed E-state index contributed by atoms with van der Waals surface area (Å²) >= 11 is 2.17. The quantitative estimate of drug-likeness (QED) is 0.431. The van der Waals surface area contributed by atoms with Gasteiger partial charge in [-0.15, -0.1) is 0 Å². The molecule has 2 saturated heterocycles. The number of likely N-dealkylation sites (tertiary alicyclic amines) is 1. The lowest BCUT2D eigenvalue weighted by molar-refractivity contribution is 0.00775. The van der Waals surface area contributed by atoms with Gasteiger partial charge < -0.3 is 4.74 Å². The standard InChI is InChI=1S/C8H15IN2O3S/c9-8-7(15(10,12)13)5-11(8)6-1-3-14-4-2-6/h6-8H,1-5H2,(H2,10,12,13). The van der Waals surface area contributed by atoms with E-state index >= 15 is 0 Å². The normalized spacial score (nSPS) is 35.1. The molecule has 2 N–H and O–H groups in total. The van der Waals surface area contributed by atoms with Crippen LogP contribution >= 0.6 is 22.6 Å². The van der Waals surface area contributed by atoms with Gasteiger partial charge in [0, 0.05) is 25.8 Å². The van der Waals surface area contributed by atoms with Gasteiger partial charge in [-0.05, 0) is 12.8 Å². The van der Waals surface area contributed by atoms with Crippen molar-refractivity contribution in [3.8, 4) is 0 Å². The molecule has 0 aliphatic carbocycles. The number of hydrogen-bond donors (Lipinski definition) is 1. The van der Waals surface area contributed by atoms with Gasteiger partial charge >= 0.3 is 0 Å². The molecule has 2 aliphatic heterocycles. The molecule has 0 radical (unpaired) electrons. The predicted molar refractivity (Wildman–Crippen MR) is 65.3 cm³/mol. The van der Waals surface area contributed by atoms with Crippen molar-refractivity contribution in [1.29, 1.82) is 0 Å². The molecule has 0 saturated carbocycles. The number of ether oxygens (including phenoxy) is 1. The molecule has 2 rings (SSSR count). The van der Waals surface area contributed by atoms with Crippen LogP contribution in [0.3, 0.4) is 0 Å². The fraction of sp³-hybridized carbons (Fsp3) is 1.00. The van der Waals surface area contributed by atoms with Gasteiger partial charge in [-0.2, -0.15) is 0 Å². The van der Waals surface area contributed by atoms with Gasteiger partial charge in [0.1, 0.15) is 5.25 Å². The van der Waals surface area contributed by atoms with E-state index in [-0.39, 0.29) is 9.30 Å². The molecule has 0 amide bonds. The first-order valence-corrected chi connectivity index (χ1v) is 7.85. The van der Waals surface area contributed by atoms with E-state index in [1.54, 1.807) is 0 Å². The first-order valence-electron chi connectivity index (χ1n) is 4.99. The molecule has 0 aromatic rings. The van der Waals surface area contributed by atoms with Crippen LogP contribution in [0.4, 0.5) is 0 Å². The smallest absolute Gasteiger partial charge is 0.215 e. The summed E-state index contributed by atoms with van der Waals surface area (Å²) in [7, 11) is -3.37. The van der Waals surface area contributed by atoms with E-state index in [1.165, 1.54) is 0 Å². The highest BCUT2D eigenvalue weighted by Gasteiger charge is 2.46. The minimum atomic E-state index is -3.37. The number of halogens is 1. The maximum Gasteiger partial charge on any atom is 0.215 e. The Morgan fingerprint density at radius 2 is 1.93 bits per heavy atom. The summed E-state index contributed by atoms with van der Waals surface area (Å²) in [5.74, 6) is 0. The Kier molecular flexibility index (Phi) is 3.56. The maximum absolute atomic E-state index is 11.2. The molecule has 2 unspecified atom stereocenters. The molecule has 0 spiro atoms. The third kappa shape index (κ3) is 2.46. The van der Waals surface area contributed by atoms with E-state index in [0.29, 0.717) is 12.6 Å². The topological polar surface area (TPSA) is 72.6 Å². The Morgan fingerprint density at radius 3 is 2.40 bits per heavy atom. The average Bonchev–Trinajstić information content (AvgIpc) is 2.15. The molecule has 88 valence electrons. The minimum absolute atomic E-state index is 0.0284. The number of nitrogens with two attached hydrogens (primary N) is 1. The Labute approximate surface area is 104 Å². The number of nitrogens with zero attached hydrogens (tertiary/aromatic N) is 1. The van der Waals surface area contributed by atoms with E-state index in [9.17, 15) is 8.42 Å². The molecule has 2 fully saturated rings. The Bertz CT molecular complexity index is 329. The third-order valence-electron chi connectivity index (χ3n) is 3.10. The van der Waals surface area contributed by atoms with Crippen LogP contribution in [0.2, 0.25) is 0 Å². The van der Waals surface area contributed by atoms with Gasteiger partial charge in [-0.1, -0.05) is 22.6 Å². The highest BCUT2D eigenvalue weighted by atomic mass is 127. The van der Waals surface area contributed by atoms with Gasteiger partial charge in [0.25, 0.3) is 0 Å². The highest BCUT2D eigenvalue weighted by Crippen LogP contribution is 2.33. The Hall–Kier alpha value is 0.560. The third-order valence-corrected chi connectivity index (χ3v) is 6.42. The van der Waals surface area contributed by atoms with Crippen molar-refractivity contribution in [2.45, 2.75) is 28.2 Å². The SMILES string of the molecule is NS(=O)(=O)C1CN(C2CCOCC2)C1I. The minimum Gasteiger partial charge on any atom is -0.381 e. The fourth-order valence-electron chi connectivity index (χ4n) is 2.10. The number of rotatable bonds is 2. The van der Waals surface area contributed by atoms with Crippen LogP contribution in [-0.2, 0) is 14.8 Å². The van der Waals surface area contributed by atoms with E-state index in [1.807, 2.05) is 0 Å². The lowest BCUT2D eigenvalue weighted by atomic mass is 10.0. The van der Waals surface area contributed by atoms with Crippen LogP contribution in [0.5, 0.6) is 0 Å². The first-order chi connectivity index (χ1) is 7.00. The largest absolute Gasteiger partial charge is 0.381 e. The lowest BCUT2D eigenvalue weighted by Crippen LogP contribution is -2.65. The van der Waals surface area contributed by atoms with E-state index in [2.05, 4.69) is 27.5 Å².